The zero-order valence-corrected chi connectivity index (χ0v) is 18.8. The molecule has 9 heteroatoms. The number of hydrogen-bond donors (Lipinski definition) is 1. The van der Waals surface area contributed by atoms with Gasteiger partial charge in [0.1, 0.15) is 6.61 Å². The van der Waals surface area contributed by atoms with E-state index in [4.69, 9.17) is 9.47 Å². The molecular weight excluding hydrogens is 420 g/mol. The maximum Gasteiger partial charge on any atom is 0.233 e. The van der Waals surface area contributed by atoms with Crippen molar-refractivity contribution in [1.29, 1.82) is 0 Å². The number of hydrogen-bond acceptors (Lipinski definition) is 8. The van der Waals surface area contributed by atoms with Crippen LogP contribution < -0.4 is 14.8 Å². The summed E-state index contributed by atoms with van der Waals surface area (Å²) in [5.74, 6) is 1.65. The number of aromatic nitrogens is 2. The van der Waals surface area contributed by atoms with E-state index in [0.717, 1.165) is 20.6 Å². The van der Waals surface area contributed by atoms with Crippen molar-refractivity contribution in [3.63, 3.8) is 0 Å². The molecule has 0 saturated heterocycles. The minimum atomic E-state index is 0.0181. The van der Waals surface area contributed by atoms with Crippen LogP contribution in [0.4, 0.5) is 5.13 Å². The smallest absolute Gasteiger partial charge is 0.233 e. The SMILES string of the molecule is CNc1nnc(SCC(=O)N(C)Cc2ccc(OCc3ccccc3)c(OC)c2)s1. The molecule has 158 valence electrons. The zero-order valence-electron chi connectivity index (χ0n) is 17.1. The van der Waals surface area contributed by atoms with Gasteiger partial charge in [0.2, 0.25) is 11.0 Å². The highest BCUT2D eigenvalue weighted by Gasteiger charge is 2.14. The quantitative estimate of drug-likeness (QED) is 0.475. The van der Waals surface area contributed by atoms with Crippen LogP contribution in [0.15, 0.2) is 52.9 Å². The molecule has 1 N–H and O–H groups in total. The first-order chi connectivity index (χ1) is 14.6. The number of carbonyl (C=O) groups is 1. The third kappa shape index (κ3) is 6.11. The first-order valence-corrected chi connectivity index (χ1v) is 11.1. The van der Waals surface area contributed by atoms with Crippen LogP contribution in [0.2, 0.25) is 0 Å². The van der Waals surface area contributed by atoms with Crippen LogP contribution in [0.5, 0.6) is 11.5 Å². The molecule has 0 unspecified atom stereocenters. The van der Waals surface area contributed by atoms with Crippen molar-refractivity contribution >= 4 is 34.1 Å². The molecule has 0 aliphatic rings. The van der Waals surface area contributed by atoms with E-state index in [1.807, 2.05) is 48.5 Å². The van der Waals surface area contributed by atoms with Crippen LogP contribution in [-0.4, -0.2) is 48.0 Å². The average molecular weight is 445 g/mol. The van der Waals surface area contributed by atoms with Crippen LogP contribution in [0, 0.1) is 0 Å². The van der Waals surface area contributed by atoms with Crippen molar-refractivity contribution in [3.05, 3.63) is 59.7 Å². The Labute approximate surface area is 184 Å². The Hall–Kier alpha value is -2.78. The summed E-state index contributed by atoms with van der Waals surface area (Å²) in [6.45, 7) is 0.944. The monoisotopic (exact) mass is 444 g/mol. The van der Waals surface area contributed by atoms with Crippen molar-refractivity contribution in [2.75, 3.05) is 32.3 Å². The van der Waals surface area contributed by atoms with Gasteiger partial charge in [-0.1, -0.05) is 59.5 Å². The zero-order chi connectivity index (χ0) is 21.3. The second-order valence-corrected chi connectivity index (χ2v) is 8.62. The predicted octanol–water partition coefficient (Wildman–Crippen LogP) is 3.92. The van der Waals surface area contributed by atoms with Gasteiger partial charge in [-0.25, -0.2) is 0 Å². The van der Waals surface area contributed by atoms with Gasteiger partial charge in [0, 0.05) is 20.6 Å². The fraction of sp³-hybridized carbons (Fsp3) is 0.286. The Kier molecular flexibility index (Phi) is 7.92. The summed E-state index contributed by atoms with van der Waals surface area (Å²) in [6.07, 6.45) is 0. The maximum atomic E-state index is 12.5. The number of thioether (sulfide) groups is 1. The molecule has 3 aromatic rings. The molecule has 7 nitrogen and oxygen atoms in total. The number of benzene rings is 2. The van der Waals surface area contributed by atoms with Crippen molar-refractivity contribution < 1.29 is 14.3 Å². The lowest BCUT2D eigenvalue weighted by Crippen LogP contribution is -2.27. The van der Waals surface area contributed by atoms with E-state index in [9.17, 15) is 4.79 Å². The molecule has 0 aliphatic carbocycles. The van der Waals surface area contributed by atoms with Crippen molar-refractivity contribution in [2.45, 2.75) is 17.5 Å². The lowest BCUT2D eigenvalue weighted by molar-refractivity contribution is -0.127. The fourth-order valence-electron chi connectivity index (χ4n) is 2.63. The lowest BCUT2D eigenvalue weighted by Gasteiger charge is -2.18. The van der Waals surface area contributed by atoms with Crippen LogP contribution in [0.3, 0.4) is 0 Å². The molecule has 0 aliphatic heterocycles. The maximum absolute atomic E-state index is 12.5. The summed E-state index contributed by atoms with van der Waals surface area (Å²) >= 11 is 2.82. The molecule has 2 aromatic carbocycles. The van der Waals surface area contributed by atoms with Gasteiger partial charge in [-0.05, 0) is 23.3 Å². The minimum Gasteiger partial charge on any atom is -0.493 e. The van der Waals surface area contributed by atoms with Crippen molar-refractivity contribution in [3.8, 4) is 11.5 Å². The molecule has 30 heavy (non-hydrogen) atoms. The Morgan fingerprint density at radius 3 is 2.63 bits per heavy atom. The van der Waals surface area contributed by atoms with Gasteiger partial charge in [0.15, 0.2) is 15.8 Å². The molecule has 3 rings (SSSR count). The van der Waals surface area contributed by atoms with E-state index in [-0.39, 0.29) is 5.91 Å². The summed E-state index contributed by atoms with van der Waals surface area (Å²) in [5, 5.41) is 11.7. The van der Waals surface area contributed by atoms with Gasteiger partial charge in [-0.2, -0.15) is 0 Å². The Morgan fingerprint density at radius 1 is 1.13 bits per heavy atom. The first-order valence-electron chi connectivity index (χ1n) is 9.30. The largest absolute Gasteiger partial charge is 0.493 e. The minimum absolute atomic E-state index is 0.0181. The molecule has 0 bridgehead atoms. The van der Waals surface area contributed by atoms with Crippen LogP contribution in [-0.2, 0) is 17.9 Å². The predicted molar refractivity (Wildman–Crippen MR) is 120 cm³/mol. The van der Waals surface area contributed by atoms with E-state index in [1.165, 1.54) is 23.1 Å². The number of amides is 1. The summed E-state index contributed by atoms with van der Waals surface area (Å²) < 4.78 is 12.1. The normalized spacial score (nSPS) is 10.5. The number of nitrogens with one attached hydrogen (secondary N) is 1. The van der Waals surface area contributed by atoms with E-state index in [0.29, 0.717) is 30.4 Å². The van der Waals surface area contributed by atoms with Crippen LogP contribution in [0.25, 0.3) is 0 Å². The standard InChI is InChI=1S/C21H24N4O3S2/c1-22-20-23-24-21(30-20)29-14-19(26)25(2)12-16-9-10-17(18(11-16)27-3)28-13-15-7-5-4-6-8-15/h4-11H,12-14H2,1-3H3,(H,22,23). The van der Waals surface area contributed by atoms with Gasteiger partial charge in [-0.15, -0.1) is 10.2 Å². The highest BCUT2D eigenvalue weighted by atomic mass is 32.2. The topological polar surface area (TPSA) is 76.6 Å². The molecule has 1 heterocycles. The van der Waals surface area contributed by atoms with E-state index >= 15 is 0 Å². The molecule has 1 aromatic heterocycles. The van der Waals surface area contributed by atoms with Gasteiger partial charge in [-0.3, -0.25) is 4.79 Å². The third-order valence-corrected chi connectivity index (χ3v) is 6.31. The van der Waals surface area contributed by atoms with Crippen molar-refractivity contribution in [2.24, 2.45) is 0 Å². The molecule has 0 atom stereocenters. The molecule has 0 radical (unpaired) electrons. The second kappa shape index (κ2) is 10.8. The number of nitrogens with zero attached hydrogens (tertiary/aromatic N) is 3. The summed E-state index contributed by atoms with van der Waals surface area (Å²) in [4.78, 5) is 14.2. The van der Waals surface area contributed by atoms with Gasteiger partial charge in [0.25, 0.3) is 0 Å². The first kappa shape index (κ1) is 21.9. The van der Waals surface area contributed by atoms with Gasteiger partial charge < -0.3 is 19.7 Å². The molecule has 1 amide bonds. The number of anilines is 1. The van der Waals surface area contributed by atoms with E-state index in [2.05, 4.69) is 15.5 Å². The Bertz CT molecular complexity index is 966. The van der Waals surface area contributed by atoms with E-state index in [1.54, 1.807) is 26.1 Å². The van der Waals surface area contributed by atoms with Crippen LogP contribution in [0.1, 0.15) is 11.1 Å². The summed E-state index contributed by atoms with van der Waals surface area (Å²) in [5.41, 5.74) is 2.05. The Balaban J connectivity index is 1.55. The molecule has 0 fully saturated rings. The van der Waals surface area contributed by atoms with Gasteiger partial charge >= 0.3 is 0 Å². The average Bonchev–Trinajstić information content (AvgIpc) is 3.25. The number of carbonyl (C=O) groups excluding carboxylic acids is 1. The highest BCUT2D eigenvalue weighted by molar-refractivity contribution is 8.01. The molecule has 0 spiro atoms. The third-order valence-electron chi connectivity index (χ3n) is 4.25. The highest BCUT2D eigenvalue weighted by Crippen LogP contribution is 2.30. The molecule has 0 saturated carbocycles. The van der Waals surface area contributed by atoms with Gasteiger partial charge in [0.05, 0.1) is 12.9 Å². The van der Waals surface area contributed by atoms with E-state index < -0.39 is 0 Å². The lowest BCUT2D eigenvalue weighted by atomic mass is 10.2. The van der Waals surface area contributed by atoms with Crippen LogP contribution >= 0.6 is 23.1 Å². The number of methoxy groups -OCH3 is 1. The summed E-state index contributed by atoms with van der Waals surface area (Å²) in [6, 6.07) is 15.7. The number of rotatable bonds is 10. The van der Waals surface area contributed by atoms with Crippen molar-refractivity contribution in [1.82, 2.24) is 15.1 Å². The second-order valence-electron chi connectivity index (χ2n) is 6.42. The summed E-state index contributed by atoms with van der Waals surface area (Å²) in [7, 11) is 5.19. The number of ether oxygens (including phenoxy) is 2. The fourth-order valence-corrected chi connectivity index (χ4v) is 4.28. The Morgan fingerprint density at radius 2 is 1.93 bits per heavy atom. The molecular formula is C21H24N4O3S2.